The molecular weight excluding hydrogens is 499 g/mol. The van der Waals surface area contributed by atoms with E-state index in [1.807, 2.05) is 55.5 Å². The van der Waals surface area contributed by atoms with Crippen LogP contribution < -0.4 is 0 Å². The van der Waals surface area contributed by atoms with E-state index in [1.165, 1.54) is 0 Å². The second kappa shape index (κ2) is 18.7. The van der Waals surface area contributed by atoms with Crippen molar-refractivity contribution in [1.82, 2.24) is 0 Å². The van der Waals surface area contributed by atoms with Gasteiger partial charge in [0.2, 0.25) is 0 Å². The van der Waals surface area contributed by atoms with E-state index in [0.717, 1.165) is 36.8 Å². The lowest BCUT2D eigenvalue weighted by Gasteiger charge is -2.19. The second-order valence-corrected chi connectivity index (χ2v) is 10.9. The third-order valence-corrected chi connectivity index (χ3v) is 6.76. The standard InChI is InChI=1S/C31H45O6P/c1-6-17-25(2)22-23-29-20-16-15-19-27(4)30(37-38(33,34)35)21-14-12-10-8-7-9-11-13-18-26(3)28(5)24-31(32)36-29/h6-11,13,15-17,19,26,29-30H,1,5,12,14,18,20-24H2,2-4H3,(H2,33,34,35)/b9-7-,10-8-,13-11+,16-15+,25-17+,27-19+. The van der Waals surface area contributed by atoms with Crippen LogP contribution in [0.15, 0.2) is 96.7 Å². The monoisotopic (exact) mass is 544 g/mol. The Kier molecular flexibility index (Phi) is 16.5. The van der Waals surface area contributed by atoms with Gasteiger partial charge in [0, 0.05) is 6.42 Å². The number of hydrogen-bond donors (Lipinski definition) is 2. The maximum Gasteiger partial charge on any atom is 0.470 e. The fraction of sp³-hybridized carbons (Fsp3) is 0.452. The summed E-state index contributed by atoms with van der Waals surface area (Å²) in [5.41, 5.74) is 2.71. The van der Waals surface area contributed by atoms with E-state index in [0.29, 0.717) is 24.8 Å². The molecule has 210 valence electrons. The number of ether oxygens (including phenoxy) is 1. The molecule has 0 aliphatic carbocycles. The van der Waals surface area contributed by atoms with Crippen LogP contribution in [0.1, 0.15) is 72.1 Å². The van der Waals surface area contributed by atoms with Gasteiger partial charge in [0.05, 0.1) is 12.5 Å². The average molecular weight is 545 g/mol. The fourth-order valence-electron chi connectivity index (χ4n) is 3.82. The van der Waals surface area contributed by atoms with Crippen LogP contribution in [0.5, 0.6) is 0 Å². The zero-order chi connectivity index (χ0) is 28.4. The molecule has 38 heavy (non-hydrogen) atoms. The molecule has 6 nitrogen and oxygen atoms in total. The normalized spacial score (nSPS) is 28.5. The summed E-state index contributed by atoms with van der Waals surface area (Å²) in [4.78, 5) is 31.4. The number of carbonyl (C=O) groups is 1. The molecule has 1 aliphatic heterocycles. The van der Waals surface area contributed by atoms with Gasteiger partial charge >= 0.3 is 13.8 Å². The maximum atomic E-state index is 12.7. The molecule has 0 saturated carbocycles. The Hall–Kier alpha value is -2.50. The van der Waals surface area contributed by atoms with Gasteiger partial charge in [0.1, 0.15) is 6.10 Å². The third kappa shape index (κ3) is 16.4. The number of phosphoric ester groups is 1. The summed E-state index contributed by atoms with van der Waals surface area (Å²) in [7, 11) is -4.63. The number of esters is 1. The minimum Gasteiger partial charge on any atom is -0.462 e. The van der Waals surface area contributed by atoms with Crippen molar-refractivity contribution in [2.24, 2.45) is 5.92 Å². The van der Waals surface area contributed by atoms with E-state index in [1.54, 1.807) is 19.1 Å². The van der Waals surface area contributed by atoms with Crippen molar-refractivity contribution >= 4 is 13.8 Å². The molecule has 1 heterocycles. The first-order valence-corrected chi connectivity index (χ1v) is 14.8. The lowest BCUT2D eigenvalue weighted by Crippen LogP contribution is -2.19. The zero-order valence-corrected chi connectivity index (χ0v) is 24.0. The number of cyclic esters (lactones) is 1. The quantitative estimate of drug-likeness (QED) is 0.152. The molecule has 0 aromatic carbocycles. The van der Waals surface area contributed by atoms with E-state index in [-0.39, 0.29) is 24.4 Å². The summed E-state index contributed by atoms with van der Waals surface area (Å²) in [6, 6.07) is 0. The molecular formula is C31H45O6P. The Labute approximate surface area is 229 Å². The summed E-state index contributed by atoms with van der Waals surface area (Å²) < 4.78 is 22.4. The molecule has 0 radical (unpaired) electrons. The van der Waals surface area contributed by atoms with Crippen LogP contribution in [0, 0.1) is 5.92 Å². The van der Waals surface area contributed by atoms with Crippen molar-refractivity contribution in [2.75, 3.05) is 0 Å². The van der Waals surface area contributed by atoms with Crippen LogP contribution in [-0.4, -0.2) is 28.0 Å². The van der Waals surface area contributed by atoms with E-state index >= 15 is 0 Å². The highest BCUT2D eigenvalue weighted by Crippen LogP contribution is 2.40. The number of phosphoric acid groups is 1. The SMILES string of the molecule is C=C/C=C(\C)CCC1C/C=C/C=C(\C)C(OP(=O)(O)O)CCC\C=C/C=C\C=C\CC(C)C(=C)CC(=O)O1. The molecule has 0 fully saturated rings. The molecule has 2 N–H and O–H groups in total. The van der Waals surface area contributed by atoms with Crippen molar-refractivity contribution in [2.45, 2.75) is 84.3 Å². The second-order valence-electron chi connectivity index (χ2n) is 9.70. The van der Waals surface area contributed by atoms with E-state index in [4.69, 9.17) is 9.26 Å². The summed E-state index contributed by atoms with van der Waals surface area (Å²) >= 11 is 0. The van der Waals surface area contributed by atoms with Gasteiger partial charge in [-0.2, -0.15) is 0 Å². The highest BCUT2D eigenvalue weighted by Gasteiger charge is 2.23. The van der Waals surface area contributed by atoms with Gasteiger partial charge in [-0.05, 0) is 63.9 Å². The Morgan fingerprint density at radius 2 is 1.84 bits per heavy atom. The zero-order valence-electron chi connectivity index (χ0n) is 23.1. The molecule has 1 rings (SSSR count). The van der Waals surface area contributed by atoms with Crippen molar-refractivity contribution in [1.29, 1.82) is 0 Å². The largest absolute Gasteiger partial charge is 0.470 e. The summed E-state index contributed by atoms with van der Waals surface area (Å²) in [6.45, 7) is 13.7. The highest BCUT2D eigenvalue weighted by molar-refractivity contribution is 7.46. The van der Waals surface area contributed by atoms with Gasteiger partial charge in [0.15, 0.2) is 0 Å². The predicted molar refractivity (Wildman–Crippen MR) is 156 cm³/mol. The number of carbonyl (C=O) groups excluding carboxylic acids is 1. The first-order valence-electron chi connectivity index (χ1n) is 13.2. The molecule has 0 amide bonds. The average Bonchev–Trinajstić information content (AvgIpc) is 2.83. The number of allylic oxidation sites excluding steroid dienone is 11. The van der Waals surface area contributed by atoms with E-state index < -0.39 is 13.9 Å². The minimum absolute atomic E-state index is 0.160. The Morgan fingerprint density at radius 1 is 1.16 bits per heavy atom. The fourth-order valence-corrected chi connectivity index (χ4v) is 4.43. The van der Waals surface area contributed by atoms with E-state index in [9.17, 15) is 19.1 Å². The van der Waals surface area contributed by atoms with Gasteiger partial charge in [-0.15, -0.1) is 0 Å². The smallest absolute Gasteiger partial charge is 0.462 e. The molecule has 3 unspecified atom stereocenters. The first-order chi connectivity index (χ1) is 18.0. The Balaban J connectivity index is 3.11. The van der Waals surface area contributed by atoms with E-state index in [2.05, 4.69) is 26.2 Å². The van der Waals surface area contributed by atoms with Crippen LogP contribution in [0.3, 0.4) is 0 Å². The molecule has 3 atom stereocenters. The topological polar surface area (TPSA) is 93.1 Å². The Bertz CT molecular complexity index is 992. The van der Waals surface area contributed by atoms with Gasteiger partial charge in [-0.1, -0.05) is 98.1 Å². The highest BCUT2D eigenvalue weighted by atomic mass is 31.2. The molecule has 0 bridgehead atoms. The Morgan fingerprint density at radius 3 is 2.53 bits per heavy atom. The van der Waals surface area contributed by atoms with Crippen molar-refractivity contribution in [3.05, 3.63) is 96.7 Å². The first kappa shape index (κ1) is 33.5. The van der Waals surface area contributed by atoms with Crippen LogP contribution in [0.4, 0.5) is 0 Å². The molecule has 7 heteroatoms. The molecule has 0 aromatic heterocycles. The van der Waals surface area contributed by atoms with Crippen molar-refractivity contribution in [3.63, 3.8) is 0 Å². The maximum absolute atomic E-state index is 12.7. The van der Waals surface area contributed by atoms with Crippen LogP contribution >= 0.6 is 7.82 Å². The van der Waals surface area contributed by atoms with Crippen LogP contribution in [0.25, 0.3) is 0 Å². The molecule has 0 saturated heterocycles. The van der Waals surface area contributed by atoms with Gasteiger partial charge in [-0.3, -0.25) is 9.32 Å². The minimum atomic E-state index is -4.63. The third-order valence-electron chi connectivity index (χ3n) is 6.23. The van der Waals surface area contributed by atoms with Crippen molar-refractivity contribution in [3.8, 4) is 0 Å². The predicted octanol–water partition coefficient (Wildman–Crippen LogP) is 8.01. The van der Waals surface area contributed by atoms with Crippen molar-refractivity contribution < 1.29 is 28.4 Å². The molecule has 0 aromatic rings. The summed E-state index contributed by atoms with van der Waals surface area (Å²) in [5, 5.41) is 0. The lowest BCUT2D eigenvalue weighted by molar-refractivity contribution is -0.148. The number of hydrogen-bond acceptors (Lipinski definition) is 4. The summed E-state index contributed by atoms with van der Waals surface area (Å²) in [6.07, 6.45) is 25.0. The summed E-state index contributed by atoms with van der Waals surface area (Å²) in [5.74, 6) is -0.128. The lowest BCUT2D eigenvalue weighted by atomic mass is 9.96. The molecule has 1 aliphatic rings. The number of rotatable bonds is 6. The molecule has 0 spiro atoms. The van der Waals surface area contributed by atoms with Crippen LogP contribution in [0.2, 0.25) is 0 Å². The van der Waals surface area contributed by atoms with Crippen LogP contribution in [-0.2, 0) is 18.6 Å². The van der Waals surface area contributed by atoms with Gasteiger partial charge in [0.25, 0.3) is 0 Å². The van der Waals surface area contributed by atoms with Gasteiger partial charge < -0.3 is 14.5 Å². The van der Waals surface area contributed by atoms with Gasteiger partial charge in [-0.25, -0.2) is 4.57 Å².